The first-order valence-corrected chi connectivity index (χ1v) is 7.32. The van der Waals surface area contributed by atoms with E-state index in [-0.39, 0.29) is 19.4 Å². The van der Waals surface area contributed by atoms with Gasteiger partial charge in [0.2, 0.25) is 0 Å². The zero-order chi connectivity index (χ0) is 17.0. The van der Waals surface area contributed by atoms with Gasteiger partial charge in [-0.05, 0) is 28.1 Å². The number of carboxylic acids is 1. The van der Waals surface area contributed by atoms with E-state index in [4.69, 9.17) is 34.0 Å². The van der Waals surface area contributed by atoms with Crippen molar-refractivity contribution in [3.05, 3.63) is 39.6 Å². The summed E-state index contributed by atoms with van der Waals surface area (Å²) in [6.07, 6.45) is -0.0642. The number of nitrogens with zero attached hydrogens (tertiary/aromatic N) is 4. The number of aromatic nitrogens is 4. The van der Waals surface area contributed by atoms with Gasteiger partial charge in [-0.15, -0.1) is 5.10 Å². The lowest BCUT2D eigenvalue weighted by atomic mass is 10.1. The van der Waals surface area contributed by atoms with Gasteiger partial charge in [0.1, 0.15) is 12.6 Å². The topological polar surface area (TPSA) is 124 Å². The molecule has 1 unspecified atom stereocenters. The number of ketones is 1. The van der Waals surface area contributed by atoms with Crippen LogP contribution in [0.15, 0.2) is 18.2 Å². The number of Topliss-reactive ketones (excluding diaryl/α,β-unsaturated/α-hetero) is 1. The first-order chi connectivity index (χ1) is 10.9. The van der Waals surface area contributed by atoms with Crippen molar-refractivity contribution in [2.24, 2.45) is 5.73 Å². The van der Waals surface area contributed by atoms with Crippen molar-refractivity contribution >= 4 is 35.0 Å². The first-order valence-electron chi connectivity index (χ1n) is 6.56. The summed E-state index contributed by atoms with van der Waals surface area (Å²) in [6, 6.07) is 3.84. The number of hydrogen-bond acceptors (Lipinski definition) is 6. The van der Waals surface area contributed by atoms with Gasteiger partial charge in [-0.3, -0.25) is 9.59 Å². The number of carbonyl (C=O) groups excluding carboxylic acids is 1. The summed E-state index contributed by atoms with van der Waals surface area (Å²) in [5, 5.41) is 20.7. The molecule has 1 heterocycles. The van der Waals surface area contributed by atoms with Crippen LogP contribution in [0.2, 0.25) is 10.0 Å². The maximum Gasteiger partial charge on any atom is 0.320 e. The Kier molecular flexibility index (Phi) is 5.64. The van der Waals surface area contributed by atoms with Crippen LogP contribution in [-0.2, 0) is 22.6 Å². The molecule has 1 atom stereocenters. The Morgan fingerprint density at radius 3 is 2.57 bits per heavy atom. The average molecular weight is 358 g/mol. The van der Waals surface area contributed by atoms with E-state index in [9.17, 15) is 9.59 Å². The minimum Gasteiger partial charge on any atom is -0.480 e. The molecule has 2 aromatic rings. The van der Waals surface area contributed by atoms with Crippen LogP contribution in [0.5, 0.6) is 0 Å². The molecule has 0 radical (unpaired) electrons. The Bertz CT molecular complexity index is 714. The zero-order valence-corrected chi connectivity index (χ0v) is 13.3. The number of carbonyl (C=O) groups is 2. The molecule has 1 aromatic heterocycles. The molecular weight excluding hydrogens is 345 g/mol. The van der Waals surface area contributed by atoms with Crippen LogP contribution in [0.4, 0.5) is 0 Å². The van der Waals surface area contributed by atoms with E-state index in [1.165, 1.54) is 4.68 Å². The van der Waals surface area contributed by atoms with E-state index in [0.29, 0.717) is 21.4 Å². The fraction of sp³-hybridized carbons (Fsp3) is 0.308. The number of aliphatic carboxylic acids is 1. The van der Waals surface area contributed by atoms with Crippen molar-refractivity contribution in [2.45, 2.75) is 25.4 Å². The van der Waals surface area contributed by atoms with Crippen molar-refractivity contribution in [3.63, 3.8) is 0 Å². The Hall–Kier alpha value is -2.03. The molecule has 0 aliphatic carbocycles. The lowest BCUT2D eigenvalue weighted by molar-refractivity contribution is -0.140. The van der Waals surface area contributed by atoms with Gasteiger partial charge in [-0.1, -0.05) is 29.3 Å². The number of hydrogen-bond donors (Lipinski definition) is 2. The van der Waals surface area contributed by atoms with Crippen LogP contribution in [0, 0.1) is 0 Å². The minimum atomic E-state index is -1.25. The van der Waals surface area contributed by atoms with Crippen molar-refractivity contribution in [2.75, 3.05) is 0 Å². The maximum atomic E-state index is 11.9. The molecule has 0 saturated carbocycles. The second-order valence-corrected chi connectivity index (χ2v) is 5.63. The third kappa shape index (κ3) is 4.47. The summed E-state index contributed by atoms with van der Waals surface area (Å²) in [5.41, 5.74) is 5.97. The molecule has 2 rings (SSSR count). The zero-order valence-electron chi connectivity index (χ0n) is 11.8. The summed E-state index contributed by atoms with van der Waals surface area (Å²) < 4.78 is 1.27. The van der Waals surface area contributed by atoms with E-state index in [1.54, 1.807) is 18.2 Å². The Morgan fingerprint density at radius 2 is 1.96 bits per heavy atom. The van der Waals surface area contributed by atoms with Crippen molar-refractivity contribution < 1.29 is 14.7 Å². The molecule has 122 valence electrons. The van der Waals surface area contributed by atoms with Crippen LogP contribution in [-0.4, -0.2) is 43.1 Å². The molecule has 8 nitrogen and oxygen atoms in total. The summed E-state index contributed by atoms with van der Waals surface area (Å²) in [6.45, 7) is -0.175. The quantitative estimate of drug-likeness (QED) is 0.755. The van der Waals surface area contributed by atoms with Gasteiger partial charge in [0.05, 0.1) is 0 Å². The number of tetrazole rings is 1. The highest BCUT2D eigenvalue weighted by Gasteiger charge is 2.19. The van der Waals surface area contributed by atoms with Crippen LogP contribution in [0.3, 0.4) is 0 Å². The van der Waals surface area contributed by atoms with Gasteiger partial charge in [0, 0.05) is 22.9 Å². The van der Waals surface area contributed by atoms with Gasteiger partial charge < -0.3 is 10.8 Å². The van der Waals surface area contributed by atoms with E-state index in [2.05, 4.69) is 15.5 Å². The molecule has 3 N–H and O–H groups in total. The number of carboxylic acid groups (broad SMARTS) is 1. The molecule has 0 aliphatic rings. The van der Waals surface area contributed by atoms with Crippen LogP contribution >= 0.6 is 23.2 Å². The first kappa shape index (κ1) is 17.3. The van der Waals surface area contributed by atoms with Crippen molar-refractivity contribution in [1.82, 2.24) is 20.2 Å². The molecule has 0 spiro atoms. The molecular formula is C13H13Cl2N5O3. The van der Waals surface area contributed by atoms with E-state index >= 15 is 0 Å². The second-order valence-electron chi connectivity index (χ2n) is 4.82. The Morgan fingerprint density at radius 1 is 1.30 bits per heavy atom. The normalized spacial score (nSPS) is 12.1. The lowest BCUT2D eigenvalue weighted by Gasteiger charge is -2.08. The molecule has 0 aliphatic heterocycles. The summed E-state index contributed by atoms with van der Waals surface area (Å²) >= 11 is 12.2. The highest BCUT2D eigenvalue weighted by Crippen LogP contribution is 2.26. The smallest absolute Gasteiger partial charge is 0.320 e. The molecule has 10 heteroatoms. The molecule has 23 heavy (non-hydrogen) atoms. The number of nitrogens with two attached hydrogens (primary N) is 1. The SMILES string of the molecule is NC(CC(=O)Cn1nnnc1Cc1c(Cl)cccc1Cl)C(=O)O. The number of rotatable bonds is 7. The Balaban J connectivity index is 2.11. The third-order valence-corrected chi connectivity index (χ3v) is 3.80. The second kappa shape index (κ2) is 7.49. The van der Waals surface area contributed by atoms with E-state index < -0.39 is 17.8 Å². The predicted octanol–water partition coefficient (Wildman–Crippen LogP) is 0.942. The number of benzene rings is 1. The minimum absolute atomic E-state index is 0.175. The summed E-state index contributed by atoms with van der Waals surface area (Å²) in [5.74, 6) is -1.24. The standard InChI is InChI=1S/C13H13Cl2N5O3/c14-9-2-1-3-10(15)8(9)5-12-17-18-19-20(12)6-7(21)4-11(16)13(22)23/h1-3,11H,4-6,16H2,(H,22,23). The van der Waals surface area contributed by atoms with E-state index in [1.807, 2.05) is 0 Å². The van der Waals surface area contributed by atoms with Crippen molar-refractivity contribution in [3.8, 4) is 0 Å². The van der Waals surface area contributed by atoms with Gasteiger partial charge in [-0.25, -0.2) is 4.68 Å². The molecule has 1 aromatic carbocycles. The Labute approximate surface area is 141 Å². The highest BCUT2D eigenvalue weighted by molar-refractivity contribution is 6.36. The monoisotopic (exact) mass is 357 g/mol. The summed E-state index contributed by atoms with van der Waals surface area (Å²) in [4.78, 5) is 22.5. The predicted molar refractivity (Wildman–Crippen MR) is 82.3 cm³/mol. The third-order valence-electron chi connectivity index (χ3n) is 3.09. The van der Waals surface area contributed by atoms with Crippen LogP contribution in [0.25, 0.3) is 0 Å². The molecule has 0 bridgehead atoms. The van der Waals surface area contributed by atoms with Crippen molar-refractivity contribution in [1.29, 1.82) is 0 Å². The molecule has 0 amide bonds. The van der Waals surface area contributed by atoms with E-state index in [0.717, 1.165) is 0 Å². The van der Waals surface area contributed by atoms with Gasteiger partial charge in [0.15, 0.2) is 11.6 Å². The largest absolute Gasteiger partial charge is 0.480 e. The molecule has 0 saturated heterocycles. The fourth-order valence-electron chi connectivity index (χ4n) is 1.90. The molecule has 0 fully saturated rings. The highest BCUT2D eigenvalue weighted by atomic mass is 35.5. The fourth-order valence-corrected chi connectivity index (χ4v) is 2.43. The van der Waals surface area contributed by atoms with Gasteiger partial charge >= 0.3 is 5.97 Å². The number of halogens is 2. The van der Waals surface area contributed by atoms with Gasteiger partial charge in [0.25, 0.3) is 0 Å². The van der Waals surface area contributed by atoms with Gasteiger partial charge in [-0.2, -0.15) is 0 Å². The lowest BCUT2D eigenvalue weighted by Crippen LogP contribution is -2.33. The average Bonchev–Trinajstić information content (AvgIpc) is 2.89. The van der Waals surface area contributed by atoms with Crippen LogP contribution < -0.4 is 5.73 Å². The maximum absolute atomic E-state index is 11.9. The summed E-state index contributed by atoms with van der Waals surface area (Å²) in [7, 11) is 0. The van der Waals surface area contributed by atoms with Crippen LogP contribution in [0.1, 0.15) is 17.8 Å².